The third-order valence-corrected chi connectivity index (χ3v) is 1.80. The van der Waals surface area contributed by atoms with Gasteiger partial charge in [-0.1, -0.05) is 0 Å². The predicted molar refractivity (Wildman–Crippen MR) is 30.3 cm³/mol. The SMILES string of the molecule is C[SiH](O)CCC#N. The standard InChI is InChI=1S/C4H9NOSi/c1-7(6)4-2-3-5/h6-7H,2,4H2,1H3. The smallest absolute Gasteiger partial charge is 0.170 e. The summed E-state index contributed by atoms with van der Waals surface area (Å²) < 4.78 is 0. The number of nitrogens with zero attached hydrogens (tertiary/aromatic N) is 1. The molecule has 0 aliphatic carbocycles. The number of nitriles is 1. The molecule has 2 nitrogen and oxygen atoms in total. The lowest BCUT2D eigenvalue weighted by molar-refractivity contribution is 0.576. The van der Waals surface area contributed by atoms with Crippen LogP contribution in [0.25, 0.3) is 0 Å². The molecule has 0 radical (unpaired) electrons. The van der Waals surface area contributed by atoms with Crippen molar-refractivity contribution in [3.8, 4) is 6.07 Å². The van der Waals surface area contributed by atoms with Gasteiger partial charge < -0.3 is 4.80 Å². The number of hydrogen-bond acceptors (Lipinski definition) is 2. The molecular formula is C4H9NOSi. The fourth-order valence-electron chi connectivity index (χ4n) is 0.273. The Morgan fingerprint density at radius 3 is 2.57 bits per heavy atom. The van der Waals surface area contributed by atoms with E-state index in [2.05, 4.69) is 0 Å². The Balaban J connectivity index is 2.86. The molecule has 0 aromatic heterocycles. The zero-order valence-electron chi connectivity index (χ0n) is 4.39. The summed E-state index contributed by atoms with van der Waals surface area (Å²) in [4.78, 5) is 8.67. The van der Waals surface area contributed by atoms with Crippen molar-refractivity contribution in [1.82, 2.24) is 0 Å². The Kier molecular flexibility index (Phi) is 3.66. The second-order valence-electron chi connectivity index (χ2n) is 1.55. The molecule has 3 heteroatoms. The van der Waals surface area contributed by atoms with Gasteiger partial charge in [-0.15, -0.1) is 0 Å². The van der Waals surface area contributed by atoms with Crippen LogP contribution >= 0.6 is 0 Å². The summed E-state index contributed by atoms with van der Waals surface area (Å²) in [6.45, 7) is 1.82. The van der Waals surface area contributed by atoms with Crippen LogP contribution in [0.4, 0.5) is 0 Å². The third kappa shape index (κ3) is 5.67. The van der Waals surface area contributed by atoms with E-state index < -0.39 is 9.04 Å². The monoisotopic (exact) mass is 115 g/mol. The fourth-order valence-corrected chi connectivity index (χ4v) is 0.820. The zero-order chi connectivity index (χ0) is 5.70. The molecule has 1 atom stereocenters. The van der Waals surface area contributed by atoms with Gasteiger partial charge in [-0.25, -0.2) is 0 Å². The molecule has 0 aliphatic rings. The molecule has 0 aromatic carbocycles. The van der Waals surface area contributed by atoms with E-state index in [0.29, 0.717) is 6.42 Å². The minimum atomic E-state index is -1.41. The summed E-state index contributed by atoms with van der Waals surface area (Å²) in [7, 11) is -1.41. The number of hydrogen-bond donors (Lipinski definition) is 1. The maximum atomic E-state index is 8.67. The third-order valence-electron chi connectivity index (χ3n) is 0.674. The fraction of sp³-hybridized carbons (Fsp3) is 0.750. The molecule has 0 spiro atoms. The van der Waals surface area contributed by atoms with Gasteiger partial charge in [0.1, 0.15) is 0 Å². The van der Waals surface area contributed by atoms with E-state index in [1.807, 2.05) is 12.6 Å². The van der Waals surface area contributed by atoms with Gasteiger partial charge in [0.05, 0.1) is 6.07 Å². The topological polar surface area (TPSA) is 44.0 Å². The first-order chi connectivity index (χ1) is 3.27. The Hall–Kier alpha value is -0.333. The summed E-state index contributed by atoms with van der Waals surface area (Å²) >= 11 is 0. The van der Waals surface area contributed by atoms with E-state index in [0.717, 1.165) is 6.04 Å². The molecule has 0 bridgehead atoms. The lowest BCUT2D eigenvalue weighted by Crippen LogP contribution is -2.02. The van der Waals surface area contributed by atoms with Crippen LogP contribution in [0.2, 0.25) is 12.6 Å². The Morgan fingerprint density at radius 1 is 1.86 bits per heavy atom. The van der Waals surface area contributed by atoms with Gasteiger partial charge in [0.25, 0.3) is 0 Å². The van der Waals surface area contributed by atoms with Gasteiger partial charge in [0.2, 0.25) is 0 Å². The van der Waals surface area contributed by atoms with Crippen molar-refractivity contribution in [2.24, 2.45) is 0 Å². The molecular weight excluding hydrogens is 106 g/mol. The van der Waals surface area contributed by atoms with Crippen LogP contribution in [0, 0.1) is 11.3 Å². The van der Waals surface area contributed by atoms with E-state index >= 15 is 0 Å². The Bertz CT molecular complexity index is 76.2. The summed E-state index contributed by atoms with van der Waals surface area (Å²) in [5.74, 6) is 0. The molecule has 1 N–H and O–H groups in total. The molecule has 0 amide bonds. The summed E-state index contributed by atoms with van der Waals surface area (Å²) in [5.41, 5.74) is 0. The Morgan fingerprint density at radius 2 is 2.43 bits per heavy atom. The van der Waals surface area contributed by atoms with Crippen LogP contribution in [0.1, 0.15) is 6.42 Å². The van der Waals surface area contributed by atoms with E-state index in [1.165, 1.54) is 0 Å². The lowest BCUT2D eigenvalue weighted by atomic mass is 10.6. The van der Waals surface area contributed by atoms with E-state index in [9.17, 15) is 0 Å². The van der Waals surface area contributed by atoms with Crippen molar-refractivity contribution in [2.75, 3.05) is 0 Å². The maximum Gasteiger partial charge on any atom is 0.170 e. The summed E-state index contributed by atoms with van der Waals surface area (Å²) in [6, 6.07) is 2.71. The van der Waals surface area contributed by atoms with E-state index in [-0.39, 0.29) is 0 Å². The van der Waals surface area contributed by atoms with Crippen molar-refractivity contribution in [3.63, 3.8) is 0 Å². The van der Waals surface area contributed by atoms with Crippen molar-refractivity contribution >= 4 is 9.04 Å². The largest absolute Gasteiger partial charge is 0.435 e. The zero-order valence-corrected chi connectivity index (χ0v) is 5.54. The van der Waals surface area contributed by atoms with Crippen LogP contribution in [-0.2, 0) is 0 Å². The molecule has 40 valence electrons. The maximum absolute atomic E-state index is 8.67. The molecule has 0 aromatic rings. The first kappa shape index (κ1) is 6.67. The van der Waals surface area contributed by atoms with Crippen LogP contribution < -0.4 is 0 Å². The average molecular weight is 115 g/mol. The highest BCUT2D eigenvalue weighted by molar-refractivity contribution is 6.48. The Labute approximate surface area is 45.1 Å². The highest BCUT2D eigenvalue weighted by Crippen LogP contribution is 1.90. The first-order valence-corrected chi connectivity index (χ1v) is 4.81. The van der Waals surface area contributed by atoms with Crippen LogP contribution in [0.3, 0.4) is 0 Å². The normalized spacial score (nSPS) is 12.7. The van der Waals surface area contributed by atoms with Gasteiger partial charge in [-0.3, -0.25) is 0 Å². The molecule has 0 fully saturated rings. The molecule has 1 unspecified atom stereocenters. The van der Waals surface area contributed by atoms with Gasteiger partial charge in [0, 0.05) is 6.42 Å². The number of rotatable bonds is 2. The first-order valence-electron chi connectivity index (χ1n) is 2.32. The molecule has 0 rings (SSSR count). The van der Waals surface area contributed by atoms with Crippen LogP contribution in [0.15, 0.2) is 0 Å². The highest BCUT2D eigenvalue weighted by Gasteiger charge is 1.94. The average Bonchev–Trinajstić information content (AvgIpc) is 1.61. The quantitative estimate of drug-likeness (QED) is 0.524. The van der Waals surface area contributed by atoms with E-state index in [4.69, 9.17) is 10.1 Å². The van der Waals surface area contributed by atoms with E-state index in [1.54, 1.807) is 0 Å². The summed E-state index contributed by atoms with van der Waals surface area (Å²) in [5, 5.41) is 7.98. The van der Waals surface area contributed by atoms with Gasteiger partial charge >= 0.3 is 0 Å². The minimum Gasteiger partial charge on any atom is -0.435 e. The highest BCUT2D eigenvalue weighted by atomic mass is 28.3. The minimum absolute atomic E-state index is 0.518. The molecule has 0 saturated heterocycles. The van der Waals surface area contributed by atoms with Gasteiger partial charge in [-0.2, -0.15) is 5.26 Å². The molecule has 0 aliphatic heterocycles. The van der Waals surface area contributed by atoms with Crippen molar-refractivity contribution < 1.29 is 4.80 Å². The molecule has 7 heavy (non-hydrogen) atoms. The van der Waals surface area contributed by atoms with Gasteiger partial charge in [-0.05, 0) is 12.6 Å². The van der Waals surface area contributed by atoms with Crippen molar-refractivity contribution in [2.45, 2.75) is 19.0 Å². The van der Waals surface area contributed by atoms with Crippen LogP contribution in [-0.4, -0.2) is 13.8 Å². The molecule has 0 saturated carbocycles. The van der Waals surface area contributed by atoms with Crippen molar-refractivity contribution in [1.29, 1.82) is 5.26 Å². The lowest BCUT2D eigenvalue weighted by Gasteiger charge is -1.91. The van der Waals surface area contributed by atoms with Crippen molar-refractivity contribution in [3.05, 3.63) is 0 Å². The second-order valence-corrected chi connectivity index (χ2v) is 3.82. The predicted octanol–water partition coefficient (Wildman–Crippen LogP) is 0.246. The van der Waals surface area contributed by atoms with Gasteiger partial charge in [0.15, 0.2) is 9.04 Å². The molecule has 0 heterocycles. The second kappa shape index (κ2) is 3.84. The van der Waals surface area contributed by atoms with Crippen LogP contribution in [0.5, 0.6) is 0 Å². The summed E-state index contributed by atoms with van der Waals surface area (Å²) in [6.07, 6.45) is 0.518.